The van der Waals surface area contributed by atoms with Crippen molar-refractivity contribution in [1.82, 2.24) is 5.16 Å². The first-order valence-electron chi connectivity index (χ1n) is 6.59. The predicted octanol–water partition coefficient (Wildman–Crippen LogP) is 4.05. The Morgan fingerprint density at radius 3 is 2.60 bits per heavy atom. The van der Waals surface area contributed by atoms with Crippen molar-refractivity contribution in [2.75, 3.05) is 5.73 Å². The van der Waals surface area contributed by atoms with Crippen molar-refractivity contribution >= 4 is 5.82 Å². The Balaban J connectivity index is 2.17. The molecule has 0 aliphatic heterocycles. The molecule has 0 unspecified atom stereocenters. The zero-order valence-electron chi connectivity index (χ0n) is 11.5. The molecule has 0 aliphatic carbocycles. The first kappa shape index (κ1) is 12.5. The lowest BCUT2D eigenvalue weighted by molar-refractivity contribution is 0.433. The molecule has 4 heteroatoms. The van der Waals surface area contributed by atoms with Crippen LogP contribution in [0.15, 0.2) is 45.5 Å². The Morgan fingerprint density at radius 1 is 1.15 bits per heavy atom. The lowest BCUT2D eigenvalue weighted by atomic mass is 10.0. The molecule has 4 nitrogen and oxygen atoms in total. The molecule has 3 rings (SSSR count). The molecule has 0 bridgehead atoms. The standard InChI is InChI=1S/C16H16N2O2/c1-3-13-12(8-9-19-13)15-14(16(17)18-20-15)11-6-4-10(2)5-7-11/h4-9H,3H2,1-2H3,(H2,17,18). The van der Waals surface area contributed by atoms with Gasteiger partial charge in [-0.2, -0.15) is 0 Å². The van der Waals surface area contributed by atoms with Crippen LogP contribution in [-0.2, 0) is 6.42 Å². The molecule has 20 heavy (non-hydrogen) atoms. The molecular weight excluding hydrogens is 252 g/mol. The highest BCUT2D eigenvalue weighted by Gasteiger charge is 2.21. The maximum atomic E-state index is 5.97. The first-order valence-corrected chi connectivity index (χ1v) is 6.59. The summed E-state index contributed by atoms with van der Waals surface area (Å²) in [6.07, 6.45) is 2.45. The molecule has 0 atom stereocenters. The molecule has 3 aromatic rings. The number of aryl methyl sites for hydroxylation is 2. The van der Waals surface area contributed by atoms with E-state index in [0.717, 1.165) is 28.9 Å². The van der Waals surface area contributed by atoms with Crippen molar-refractivity contribution in [3.05, 3.63) is 47.9 Å². The van der Waals surface area contributed by atoms with E-state index in [4.69, 9.17) is 14.7 Å². The van der Waals surface area contributed by atoms with Gasteiger partial charge < -0.3 is 14.7 Å². The fourth-order valence-corrected chi connectivity index (χ4v) is 2.30. The summed E-state index contributed by atoms with van der Waals surface area (Å²) in [4.78, 5) is 0. The van der Waals surface area contributed by atoms with E-state index >= 15 is 0 Å². The third kappa shape index (κ3) is 1.99. The molecule has 2 N–H and O–H groups in total. The molecule has 0 spiro atoms. The Bertz CT molecular complexity index is 723. The number of benzene rings is 1. The molecule has 0 radical (unpaired) electrons. The summed E-state index contributed by atoms with van der Waals surface area (Å²) in [5, 5.41) is 3.91. The van der Waals surface area contributed by atoms with Crippen LogP contribution in [-0.4, -0.2) is 5.16 Å². The summed E-state index contributed by atoms with van der Waals surface area (Å²) in [7, 11) is 0. The van der Waals surface area contributed by atoms with Crippen molar-refractivity contribution in [3.8, 4) is 22.5 Å². The Hall–Kier alpha value is -2.49. The van der Waals surface area contributed by atoms with Gasteiger partial charge in [-0.25, -0.2) is 0 Å². The summed E-state index contributed by atoms with van der Waals surface area (Å²) >= 11 is 0. The van der Waals surface area contributed by atoms with E-state index in [9.17, 15) is 0 Å². The number of nitrogen functional groups attached to an aromatic ring is 1. The molecule has 102 valence electrons. The van der Waals surface area contributed by atoms with Gasteiger partial charge in [0, 0.05) is 6.42 Å². The average molecular weight is 268 g/mol. The highest BCUT2D eigenvalue weighted by atomic mass is 16.5. The van der Waals surface area contributed by atoms with Gasteiger partial charge in [-0.15, -0.1) is 0 Å². The molecule has 0 amide bonds. The number of nitrogens with two attached hydrogens (primary N) is 1. The average Bonchev–Trinajstić information content (AvgIpc) is 3.05. The van der Waals surface area contributed by atoms with Gasteiger partial charge in [-0.3, -0.25) is 0 Å². The lowest BCUT2D eigenvalue weighted by Crippen LogP contribution is -1.89. The second-order valence-electron chi connectivity index (χ2n) is 4.75. The highest BCUT2D eigenvalue weighted by Crippen LogP contribution is 2.38. The maximum Gasteiger partial charge on any atom is 0.180 e. The highest BCUT2D eigenvalue weighted by molar-refractivity contribution is 5.87. The van der Waals surface area contributed by atoms with Crippen LogP contribution in [0.25, 0.3) is 22.5 Å². The second-order valence-corrected chi connectivity index (χ2v) is 4.75. The number of nitrogens with zero attached hydrogens (tertiary/aromatic N) is 1. The third-order valence-corrected chi connectivity index (χ3v) is 3.37. The zero-order valence-corrected chi connectivity index (χ0v) is 11.5. The van der Waals surface area contributed by atoms with Crippen molar-refractivity contribution in [2.45, 2.75) is 20.3 Å². The van der Waals surface area contributed by atoms with E-state index in [1.165, 1.54) is 5.56 Å². The van der Waals surface area contributed by atoms with Gasteiger partial charge in [0.1, 0.15) is 5.76 Å². The SMILES string of the molecule is CCc1occc1-c1onc(N)c1-c1ccc(C)cc1. The summed E-state index contributed by atoms with van der Waals surface area (Å²) in [6.45, 7) is 4.08. The van der Waals surface area contributed by atoms with Crippen LogP contribution in [0.5, 0.6) is 0 Å². The quantitative estimate of drug-likeness (QED) is 0.778. The first-order chi connectivity index (χ1) is 9.70. The number of furan rings is 1. The molecule has 2 aromatic heterocycles. The number of hydrogen-bond acceptors (Lipinski definition) is 4. The van der Waals surface area contributed by atoms with Gasteiger partial charge in [0.15, 0.2) is 11.6 Å². The fourth-order valence-electron chi connectivity index (χ4n) is 2.30. The van der Waals surface area contributed by atoms with Gasteiger partial charge in [0.2, 0.25) is 0 Å². The molecule has 0 fully saturated rings. The second kappa shape index (κ2) is 4.89. The normalized spacial score (nSPS) is 10.9. The van der Waals surface area contributed by atoms with Crippen molar-refractivity contribution < 1.29 is 8.94 Å². The minimum absolute atomic E-state index is 0.395. The van der Waals surface area contributed by atoms with Gasteiger partial charge in [-0.05, 0) is 18.6 Å². The molecule has 0 aliphatic rings. The van der Waals surface area contributed by atoms with Gasteiger partial charge in [-0.1, -0.05) is 41.9 Å². The van der Waals surface area contributed by atoms with Crippen LogP contribution in [0.1, 0.15) is 18.2 Å². The Morgan fingerprint density at radius 2 is 1.90 bits per heavy atom. The van der Waals surface area contributed by atoms with E-state index in [1.807, 2.05) is 44.2 Å². The van der Waals surface area contributed by atoms with Crippen LogP contribution in [0.2, 0.25) is 0 Å². The van der Waals surface area contributed by atoms with Crippen LogP contribution in [0, 0.1) is 6.92 Å². The van der Waals surface area contributed by atoms with Crippen LogP contribution in [0.3, 0.4) is 0 Å². The minimum atomic E-state index is 0.395. The lowest BCUT2D eigenvalue weighted by Gasteiger charge is -2.03. The predicted molar refractivity (Wildman–Crippen MR) is 78.2 cm³/mol. The van der Waals surface area contributed by atoms with Gasteiger partial charge in [0.05, 0.1) is 17.4 Å². The molecule has 1 aromatic carbocycles. The van der Waals surface area contributed by atoms with Crippen LogP contribution >= 0.6 is 0 Å². The summed E-state index contributed by atoms with van der Waals surface area (Å²) in [5.41, 5.74) is 9.89. The Kier molecular flexibility index (Phi) is 3.06. The summed E-state index contributed by atoms with van der Waals surface area (Å²) in [5.74, 6) is 1.93. The van der Waals surface area contributed by atoms with Gasteiger partial charge >= 0.3 is 0 Å². The van der Waals surface area contributed by atoms with Crippen molar-refractivity contribution in [1.29, 1.82) is 0 Å². The van der Waals surface area contributed by atoms with Crippen molar-refractivity contribution in [3.63, 3.8) is 0 Å². The molecular formula is C16H16N2O2. The largest absolute Gasteiger partial charge is 0.469 e. The summed E-state index contributed by atoms with van der Waals surface area (Å²) < 4.78 is 10.9. The van der Waals surface area contributed by atoms with E-state index in [-0.39, 0.29) is 0 Å². The maximum absolute atomic E-state index is 5.97. The fraction of sp³-hybridized carbons (Fsp3) is 0.188. The number of anilines is 1. The zero-order chi connectivity index (χ0) is 14.1. The third-order valence-electron chi connectivity index (χ3n) is 3.37. The number of rotatable bonds is 3. The molecule has 0 saturated heterocycles. The van der Waals surface area contributed by atoms with E-state index in [0.29, 0.717) is 11.6 Å². The van der Waals surface area contributed by atoms with E-state index in [2.05, 4.69) is 5.16 Å². The molecule has 2 heterocycles. The van der Waals surface area contributed by atoms with Crippen LogP contribution in [0.4, 0.5) is 5.82 Å². The number of hydrogen-bond donors (Lipinski definition) is 1. The monoisotopic (exact) mass is 268 g/mol. The summed E-state index contributed by atoms with van der Waals surface area (Å²) in [6, 6.07) is 10.0. The topological polar surface area (TPSA) is 65.2 Å². The van der Waals surface area contributed by atoms with Crippen molar-refractivity contribution in [2.24, 2.45) is 0 Å². The Labute approximate surface area is 117 Å². The van der Waals surface area contributed by atoms with E-state index < -0.39 is 0 Å². The number of aromatic nitrogens is 1. The van der Waals surface area contributed by atoms with Gasteiger partial charge in [0.25, 0.3) is 0 Å². The molecule has 0 saturated carbocycles. The van der Waals surface area contributed by atoms with Crippen LogP contribution < -0.4 is 5.73 Å². The smallest absolute Gasteiger partial charge is 0.180 e. The minimum Gasteiger partial charge on any atom is -0.469 e. The van der Waals surface area contributed by atoms with E-state index in [1.54, 1.807) is 6.26 Å².